The summed E-state index contributed by atoms with van der Waals surface area (Å²) in [5.74, 6) is -0.272. The number of aryl methyl sites for hydroxylation is 1. The van der Waals surface area contributed by atoms with E-state index in [0.717, 1.165) is 11.3 Å². The summed E-state index contributed by atoms with van der Waals surface area (Å²) < 4.78 is 0. The first-order chi connectivity index (χ1) is 9.77. The van der Waals surface area contributed by atoms with E-state index in [4.69, 9.17) is 5.73 Å². The molecular formula is C15H27ClN4O2. The van der Waals surface area contributed by atoms with Crippen molar-refractivity contribution in [3.8, 4) is 0 Å². The Bertz CT molecular complexity index is 569. The normalized spacial score (nSPS) is 11.0. The molecule has 22 heavy (non-hydrogen) atoms. The van der Waals surface area contributed by atoms with Crippen LogP contribution >= 0.6 is 12.4 Å². The van der Waals surface area contributed by atoms with Crippen LogP contribution < -0.4 is 11.3 Å². The number of nitrogens with two attached hydrogens (primary N) is 1. The van der Waals surface area contributed by atoms with E-state index < -0.39 is 5.56 Å². The Labute approximate surface area is 137 Å². The lowest BCUT2D eigenvalue weighted by Crippen LogP contribution is -2.42. The molecule has 0 unspecified atom stereocenters. The van der Waals surface area contributed by atoms with Crippen LogP contribution in [-0.2, 0) is 12.8 Å². The number of nitrogens with zero attached hydrogens (tertiary/aromatic N) is 2. The molecule has 0 bridgehead atoms. The fourth-order valence-corrected chi connectivity index (χ4v) is 2.39. The summed E-state index contributed by atoms with van der Waals surface area (Å²) in [5.41, 5.74) is 6.81. The summed E-state index contributed by atoms with van der Waals surface area (Å²) in [6.45, 7) is 8.83. The fraction of sp³-hybridized carbons (Fsp3) is 0.667. The van der Waals surface area contributed by atoms with Gasteiger partial charge >= 0.3 is 0 Å². The Hall–Kier alpha value is -1.40. The Morgan fingerprint density at radius 2 is 1.91 bits per heavy atom. The van der Waals surface area contributed by atoms with Crippen LogP contribution in [0.3, 0.4) is 0 Å². The SMILES string of the molecule is CCc1n[nH]c(=O)c(C(=O)N(C)CC(C)(C)CN)c1CC.Cl. The van der Waals surface area contributed by atoms with Gasteiger partial charge in [-0.05, 0) is 30.4 Å². The zero-order valence-corrected chi connectivity index (χ0v) is 14.8. The molecule has 0 aliphatic heterocycles. The molecule has 1 aromatic rings. The molecule has 0 saturated heterocycles. The molecule has 126 valence electrons. The molecule has 0 fully saturated rings. The number of hydrogen-bond acceptors (Lipinski definition) is 4. The molecule has 0 radical (unpaired) electrons. The van der Waals surface area contributed by atoms with Gasteiger partial charge in [0.05, 0.1) is 5.69 Å². The Kier molecular flexibility index (Phi) is 7.76. The number of carbonyl (C=O) groups is 1. The predicted octanol–water partition coefficient (Wildman–Crippen LogP) is 1.37. The second kappa shape index (κ2) is 8.29. The van der Waals surface area contributed by atoms with Gasteiger partial charge in [0.15, 0.2) is 0 Å². The minimum absolute atomic E-state index is 0. The van der Waals surface area contributed by atoms with Gasteiger partial charge in [-0.25, -0.2) is 5.10 Å². The quantitative estimate of drug-likeness (QED) is 0.824. The van der Waals surface area contributed by atoms with Gasteiger partial charge in [0.1, 0.15) is 5.56 Å². The van der Waals surface area contributed by atoms with Crippen molar-refractivity contribution in [1.29, 1.82) is 0 Å². The number of amides is 1. The number of halogens is 1. The van der Waals surface area contributed by atoms with Gasteiger partial charge in [0.25, 0.3) is 11.5 Å². The molecule has 1 amide bonds. The Balaban J connectivity index is 0.00000441. The predicted molar refractivity (Wildman–Crippen MR) is 90.7 cm³/mol. The van der Waals surface area contributed by atoms with E-state index in [2.05, 4.69) is 10.2 Å². The summed E-state index contributed by atoms with van der Waals surface area (Å²) in [7, 11) is 1.70. The minimum atomic E-state index is -0.425. The lowest BCUT2D eigenvalue weighted by molar-refractivity contribution is 0.0737. The topological polar surface area (TPSA) is 92.1 Å². The number of H-pyrrole nitrogens is 1. The molecule has 0 saturated carbocycles. The third kappa shape index (κ3) is 4.55. The van der Waals surface area contributed by atoms with Gasteiger partial charge in [0, 0.05) is 13.6 Å². The average Bonchev–Trinajstić information content (AvgIpc) is 2.45. The van der Waals surface area contributed by atoms with E-state index >= 15 is 0 Å². The number of carbonyl (C=O) groups excluding carboxylic acids is 1. The summed E-state index contributed by atoms with van der Waals surface area (Å²) in [6, 6.07) is 0. The molecule has 0 aliphatic carbocycles. The summed E-state index contributed by atoms with van der Waals surface area (Å²) in [4.78, 5) is 26.3. The molecule has 0 atom stereocenters. The van der Waals surface area contributed by atoms with Crippen molar-refractivity contribution in [3.63, 3.8) is 0 Å². The van der Waals surface area contributed by atoms with Crippen LogP contribution in [0, 0.1) is 5.41 Å². The average molecular weight is 331 g/mol. The zero-order chi connectivity index (χ0) is 16.2. The molecule has 7 heteroatoms. The standard InChI is InChI=1S/C15H26N4O2.ClH/c1-6-10-11(7-2)17-18-13(20)12(10)14(21)19(5)9-15(3,4)8-16;/h6-9,16H2,1-5H3,(H,18,20);1H. The van der Waals surface area contributed by atoms with Crippen molar-refractivity contribution in [3.05, 3.63) is 27.2 Å². The molecule has 0 spiro atoms. The molecular weight excluding hydrogens is 304 g/mol. The van der Waals surface area contributed by atoms with E-state index in [0.29, 0.717) is 25.9 Å². The number of hydrogen-bond donors (Lipinski definition) is 2. The molecule has 6 nitrogen and oxygen atoms in total. The lowest BCUT2D eigenvalue weighted by Gasteiger charge is -2.29. The number of nitrogens with one attached hydrogen (secondary N) is 1. The number of aromatic amines is 1. The van der Waals surface area contributed by atoms with E-state index in [1.54, 1.807) is 11.9 Å². The van der Waals surface area contributed by atoms with Crippen LogP contribution in [0.15, 0.2) is 4.79 Å². The Morgan fingerprint density at radius 1 is 1.32 bits per heavy atom. The largest absolute Gasteiger partial charge is 0.341 e. The van der Waals surface area contributed by atoms with E-state index in [9.17, 15) is 9.59 Å². The van der Waals surface area contributed by atoms with Crippen molar-refractivity contribution in [1.82, 2.24) is 15.1 Å². The van der Waals surface area contributed by atoms with Gasteiger partial charge in [-0.2, -0.15) is 5.10 Å². The van der Waals surface area contributed by atoms with E-state index in [-0.39, 0.29) is 29.3 Å². The highest BCUT2D eigenvalue weighted by Crippen LogP contribution is 2.17. The van der Waals surface area contributed by atoms with Crippen LogP contribution in [0.2, 0.25) is 0 Å². The zero-order valence-electron chi connectivity index (χ0n) is 14.0. The summed E-state index contributed by atoms with van der Waals surface area (Å²) in [5, 5.41) is 6.46. The molecule has 0 aromatic carbocycles. The van der Waals surface area contributed by atoms with Crippen LogP contribution in [0.25, 0.3) is 0 Å². The fourth-order valence-electron chi connectivity index (χ4n) is 2.39. The second-order valence-corrected chi connectivity index (χ2v) is 6.09. The molecule has 0 aliphatic rings. The molecule has 3 N–H and O–H groups in total. The maximum absolute atomic E-state index is 12.6. The smallest absolute Gasteiger partial charge is 0.277 e. The lowest BCUT2D eigenvalue weighted by atomic mass is 9.93. The van der Waals surface area contributed by atoms with Crippen molar-refractivity contribution in [2.45, 2.75) is 40.5 Å². The first kappa shape index (κ1) is 20.6. The summed E-state index contributed by atoms with van der Waals surface area (Å²) >= 11 is 0. The second-order valence-electron chi connectivity index (χ2n) is 6.09. The number of rotatable bonds is 6. The first-order valence-corrected chi connectivity index (χ1v) is 7.33. The van der Waals surface area contributed by atoms with E-state index in [1.807, 2.05) is 27.7 Å². The summed E-state index contributed by atoms with van der Waals surface area (Å²) in [6.07, 6.45) is 1.29. The minimum Gasteiger partial charge on any atom is -0.341 e. The van der Waals surface area contributed by atoms with Crippen molar-refractivity contribution in [2.24, 2.45) is 11.1 Å². The van der Waals surface area contributed by atoms with Gasteiger partial charge < -0.3 is 10.6 Å². The molecule has 1 heterocycles. The third-order valence-corrected chi connectivity index (χ3v) is 3.64. The van der Waals surface area contributed by atoms with Crippen LogP contribution in [-0.4, -0.2) is 41.1 Å². The van der Waals surface area contributed by atoms with E-state index in [1.165, 1.54) is 0 Å². The van der Waals surface area contributed by atoms with Gasteiger partial charge in [0.2, 0.25) is 0 Å². The number of aromatic nitrogens is 2. The highest BCUT2D eigenvalue weighted by molar-refractivity contribution is 5.95. The molecule has 1 aromatic heterocycles. The van der Waals surface area contributed by atoms with Crippen LogP contribution in [0.1, 0.15) is 49.3 Å². The highest BCUT2D eigenvalue weighted by atomic mass is 35.5. The maximum atomic E-state index is 12.6. The third-order valence-electron chi connectivity index (χ3n) is 3.64. The van der Waals surface area contributed by atoms with Crippen molar-refractivity contribution in [2.75, 3.05) is 20.1 Å². The van der Waals surface area contributed by atoms with Crippen molar-refractivity contribution >= 4 is 18.3 Å². The van der Waals surface area contributed by atoms with Crippen molar-refractivity contribution < 1.29 is 4.79 Å². The highest BCUT2D eigenvalue weighted by Gasteiger charge is 2.26. The maximum Gasteiger partial charge on any atom is 0.277 e. The Morgan fingerprint density at radius 3 is 2.36 bits per heavy atom. The van der Waals surface area contributed by atoms with Crippen LogP contribution in [0.5, 0.6) is 0 Å². The first-order valence-electron chi connectivity index (χ1n) is 7.33. The van der Waals surface area contributed by atoms with Gasteiger partial charge in [-0.1, -0.05) is 27.7 Å². The molecule has 1 rings (SSSR count). The monoisotopic (exact) mass is 330 g/mol. The van der Waals surface area contributed by atoms with Gasteiger partial charge in [-0.3, -0.25) is 9.59 Å². The van der Waals surface area contributed by atoms with Crippen LogP contribution in [0.4, 0.5) is 0 Å². The van der Waals surface area contributed by atoms with Gasteiger partial charge in [-0.15, -0.1) is 12.4 Å².